The Labute approximate surface area is 118 Å². The number of carboxylic acids is 1. The number of ether oxygens (including phenoxy) is 1. The molecule has 0 bridgehead atoms. The molecule has 0 saturated heterocycles. The highest BCUT2D eigenvalue weighted by molar-refractivity contribution is 5.93. The van der Waals surface area contributed by atoms with Crippen molar-refractivity contribution in [3.8, 4) is 5.75 Å². The molecule has 1 N–H and O–H groups in total. The lowest BCUT2D eigenvalue weighted by Gasteiger charge is -2.23. The van der Waals surface area contributed by atoms with E-state index in [9.17, 15) is 9.59 Å². The predicted octanol–water partition coefficient (Wildman–Crippen LogP) is 1.58. The molecular formula is C15H19NO4. The van der Waals surface area contributed by atoms with E-state index in [1.807, 2.05) is 25.1 Å². The number of likely N-dealkylation sites (N-methyl/N-ethyl adjacent to an activating group) is 1. The number of carbonyl (C=O) groups excluding carboxylic acids is 1. The molecule has 0 unspecified atom stereocenters. The van der Waals surface area contributed by atoms with Gasteiger partial charge in [0.25, 0.3) is 0 Å². The fourth-order valence-corrected chi connectivity index (χ4v) is 2.51. The van der Waals surface area contributed by atoms with Crippen molar-refractivity contribution in [2.75, 3.05) is 20.7 Å². The van der Waals surface area contributed by atoms with Gasteiger partial charge < -0.3 is 14.7 Å². The summed E-state index contributed by atoms with van der Waals surface area (Å²) in [7, 11) is 3.13. The van der Waals surface area contributed by atoms with Crippen molar-refractivity contribution >= 4 is 11.9 Å². The van der Waals surface area contributed by atoms with E-state index in [0.29, 0.717) is 0 Å². The van der Waals surface area contributed by atoms with Gasteiger partial charge in [-0.15, -0.1) is 0 Å². The molecule has 20 heavy (non-hydrogen) atoms. The van der Waals surface area contributed by atoms with Crippen LogP contribution in [0.3, 0.4) is 0 Å². The van der Waals surface area contributed by atoms with Gasteiger partial charge in [0.2, 0.25) is 5.91 Å². The molecule has 5 heteroatoms. The van der Waals surface area contributed by atoms with E-state index >= 15 is 0 Å². The van der Waals surface area contributed by atoms with Crippen LogP contribution in [0.5, 0.6) is 5.75 Å². The van der Waals surface area contributed by atoms with Gasteiger partial charge in [-0.1, -0.05) is 12.1 Å². The summed E-state index contributed by atoms with van der Waals surface area (Å²) in [5.74, 6) is -0.383. The van der Waals surface area contributed by atoms with Crippen molar-refractivity contribution in [2.45, 2.75) is 25.2 Å². The lowest BCUT2D eigenvalue weighted by molar-refractivity contribution is -0.144. The third-order valence-electron chi connectivity index (χ3n) is 3.84. The van der Waals surface area contributed by atoms with Crippen LogP contribution in [-0.2, 0) is 15.0 Å². The SMILES string of the molecule is COc1cc(C2(C(=O)N(C)CC(=O)O)CC2)ccc1C. The number of carbonyl (C=O) groups is 2. The second-order valence-corrected chi connectivity index (χ2v) is 5.32. The maximum atomic E-state index is 12.5. The van der Waals surface area contributed by atoms with E-state index in [1.165, 1.54) is 11.9 Å². The van der Waals surface area contributed by atoms with Crippen molar-refractivity contribution in [1.82, 2.24) is 4.90 Å². The van der Waals surface area contributed by atoms with E-state index in [-0.39, 0.29) is 12.5 Å². The standard InChI is InChI=1S/C15H19NO4/c1-10-4-5-11(8-12(10)20-3)15(6-7-15)14(19)16(2)9-13(17)18/h4-5,8H,6-7,9H2,1-3H3,(H,17,18). The maximum Gasteiger partial charge on any atom is 0.323 e. The largest absolute Gasteiger partial charge is 0.496 e. The molecule has 0 aliphatic heterocycles. The highest BCUT2D eigenvalue weighted by Gasteiger charge is 2.52. The highest BCUT2D eigenvalue weighted by atomic mass is 16.5. The zero-order valence-corrected chi connectivity index (χ0v) is 12.0. The zero-order valence-electron chi connectivity index (χ0n) is 12.0. The average Bonchev–Trinajstić information content (AvgIpc) is 3.19. The van der Waals surface area contributed by atoms with Crippen LogP contribution in [0.15, 0.2) is 18.2 Å². The fraction of sp³-hybridized carbons (Fsp3) is 0.467. The van der Waals surface area contributed by atoms with Gasteiger partial charge in [-0.25, -0.2) is 0 Å². The van der Waals surface area contributed by atoms with Crippen LogP contribution in [0.25, 0.3) is 0 Å². The molecule has 1 aliphatic rings. The molecule has 0 heterocycles. The molecule has 108 valence electrons. The minimum Gasteiger partial charge on any atom is -0.496 e. The quantitative estimate of drug-likeness (QED) is 0.887. The van der Waals surface area contributed by atoms with Crippen LogP contribution in [0.1, 0.15) is 24.0 Å². The molecule has 5 nitrogen and oxygen atoms in total. The number of nitrogens with zero attached hydrogens (tertiary/aromatic N) is 1. The van der Waals surface area contributed by atoms with Crippen molar-refractivity contribution in [3.05, 3.63) is 29.3 Å². The van der Waals surface area contributed by atoms with Crippen molar-refractivity contribution in [1.29, 1.82) is 0 Å². The monoisotopic (exact) mass is 277 g/mol. The topological polar surface area (TPSA) is 66.8 Å². The lowest BCUT2D eigenvalue weighted by Crippen LogP contribution is -2.39. The van der Waals surface area contributed by atoms with Gasteiger partial charge in [-0.05, 0) is 37.0 Å². The number of methoxy groups -OCH3 is 1. The minimum atomic E-state index is -1.00. The van der Waals surface area contributed by atoms with Gasteiger partial charge in [0.1, 0.15) is 12.3 Å². The van der Waals surface area contributed by atoms with Gasteiger partial charge in [0.15, 0.2) is 0 Å². The van der Waals surface area contributed by atoms with Gasteiger partial charge in [0, 0.05) is 7.05 Å². The van der Waals surface area contributed by atoms with Crippen LogP contribution in [0.2, 0.25) is 0 Å². The van der Waals surface area contributed by atoms with Crippen molar-refractivity contribution in [3.63, 3.8) is 0 Å². The molecule has 1 aromatic carbocycles. The maximum absolute atomic E-state index is 12.5. The molecule has 0 spiro atoms. The molecule has 1 fully saturated rings. The molecular weight excluding hydrogens is 258 g/mol. The Morgan fingerprint density at radius 1 is 1.40 bits per heavy atom. The van der Waals surface area contributed by atoms with Crippen molar-refractivity contribution in [2.24, 2.45) is 0 Å². The Bertz CT molecular complexity index is 549. The Morgan fingerprint density at radius 3 is 2.55 bits per heavy atom. The number of carboxylic acid groups (broad SMARTS) is 1. The smallest absolute Gasteiger partial charge is 0.323 e. The number of rotatable bonds is 5. The summed E-state index contributed by atoms with van der Waals surface area (Å²) in [6, 6.07) is 5.74. The van der Waals surface area contributed by atoms with E-state index in [0.717, 1.165) is 29.7 Å². The van der Waals surface area contributed by atoms with Crippen LogP contribution >= 0.6 is 0 Å². The fourth-order valence-electron chi connectivity index (χ4n) is 2.51. The second-order valence-electron chi connectivity index (χ2n) is 5.32. The molecule has 1 saturated carbocycles. The molecule has 1 aliphatic carbocycles. The third-order valence-corrected chi connectivity index (χ3v) is 3.84. The summed E-state index contributed by atoms with van der Waals surface area (Å²) in [5, 5.41) is 8.79. The summed E-state index contributed by atoms with van der Waals surface area (Å²) >= 11 is 0. The lowest BCUT2D eigenvalue weighted by atomic mass is 9.93. The minimum absolute atomic E-state index is 0.134. The number of benzene rings is 1. The number of aliphatic carboxylic acids is 1. The van der Waals surface area contributed by atoms with Crippen LogP contribution in [-0.4, -0.2) is 42.6 Å². The van der Waals surface area contributed by atoms with E-state index in [1.54, 1.807) is 7.11 Å². The summed E-state index contributed by atoms with van der Waals surface area (Å²) in [5.41, 5.74) is 1.35. The van der Waals surface area contributed by atoms with Gasteiger partial charge in [0.05, 0.1) is 12.5 Å². The Morgan fingerprint density at radius 2 is 2.05 bits per heavy atom. The highest BCUT2D eigenvalue weighted by Crippen LogP contribution is 2.50. The molecule has 1 aromatic rings. The Balaban J connectivity index is 2.27. The predicted molar refractivity (Wildman–Crippen MR) is 73.9 cm³/mol. The van der Waals surface area contributed by atoms with Crippen LogP contribution < -0.4 is 4.74 Å². The summed E-state index contributed by atoms with van der Waals surface area (Å²) < 4.78 is 5.29. The number of hydrogen-bond donors (Lipinski definition) is 1. The summed E-state index contributed by atoms with van der Waals surface area (Å²) in [6.07, 6.45) is 1.50. The first-order valence-electron chi connectivity index (χ1n) is 6.53. The van der Waals surface area contributed by atoms with Gasteiger partial charge >= 0.3 is 5.97 Å². The van der Waals surface area contributed by atoms with Crippen molar-refractivity contribution < 1.29 is 19.4 Å². The molecule has 1 amide bonds. The normalized spacial score (nSPS) is 15.6. The van der Waals surface area contributed by atoms with E-state index in [2.05, 4.69) is 0 Å². The summed E-state index contributed by atoms with van der Waals surface area (Å²) in [4.78, 5) is 24.5. The molecule has 0 radical (unpaired) electrons. The first-order chi connectivity index (χ1) is 9.40. The van der Waals surface area contributed by atoms with Crippen LogP contribution in [0, 0.1) is 6.92 Å². The Kier molecular flexibility index (Phi) is 3.70. The van der Waals surface area contributed by atoms with Gasteiger partial charge in [-0.2, -0.15) is 0 Å². The number of aryl methyl sites for hydroxylation is 1. The van der Waals surface area contributed by atoms with E-state index < -0.39 is 11.4 Å². The van der Waals surface area contributed by atoms with Crippen LogP contribution in [0.4, 0.5) is 0 Å². The first-order valence-corrected chi connectivity index (χ1v) is 6.53. The third kappa shape index (κ3) is 2.48. The molecule has 0 atom stereocenters. The number of hydrogen-bond acceptors (Lipinski definition) is 3. The molecule has 2 rings (SSSR count). The Hall–Kier alpha value is -2.04. The molecule has 0 aromatic heterocycles. The number of amides is 1. The summed E-state index contributed by atoms with van der Waals surface area (Å²) in [6.45, 7) is 1.67. The van der Waals surface area contributed by atoms with Gasteiger partial charge in [-0.3, -0.25) is 9.59 Å². The average molecular weight is 277 g/mol. The first kappa shape index (κ1) is 14.4. The second kappa shape index (κ2) is 5.15. The zero-order chi connectivity index (χ0) is 14.9. The van der Waals surface area contributed by atoms with E-state index in [4.69, 9.17) is 9.84 Å².